The molecule has 0 saturated heterocycles. The van der Waals surface area contributed by atoms with Crippen molar-refractivity contribution >= 4 is 25.8 Å². The first-order valence-corrected chi connectivity index (χ1v) is 8.27. The number of halogens is 1. The maximum Gasteiger partial charge on any atom is 0.178 e. The van der Waals surface area contributed by atoms with E-state index in [4.69, 9.17) is 5.73 Å². The molecule has 1 atom stereocenters. The second kappa shape index (κ2) is 5.07. The van der Waals surface area contributed by atoms with Gasteiger partial charge in [-0.3, -0.25) is 0 Å². The minimum absolute atomic E-state index is 0.0763. The zero-order valence-corrected chi connectivity index (χ0v) is 12.9. The second-order valence-electron chi connectivity index (χ2n) is 4.39. The van der Waals surface area contributed by atoms with Gasteiger partial charge in [-0.05, 0) is 24.6 Å². The molecule has 102 valence electrons. The fraction of sp³-hybridized carbons (Fsp3) is 0.250. The van der Waals surface area contributed by atoms with Crippen LogP contribution in [0.4, 0.5) is 0 Å². The van der Waals surface area contributed by atoms with Crippen LogP contribution >= 0.6 is 15.9 Å². The van der Waals surface area contributed by atoms with Crippen LogP contribution in [0.25, 0.3) is 5.69 Å². The van der Waals surface area contributed by atoms with Gasteiger partial charge in [-0.15, -0.1) is 0 Å². The summed E-state index contributed by atoms with van der Waals surface area (Å²) in [4.78, 5) is 0.194. The summed E-state index contributed by atoms with van der Waals surface area (Å²) in [7, 11) is -3.24. The molecule has 0 fully saturated rings. The van der Waals surface area contributed by atoms with Crippen molar-refractivity contribution in [1.29, 1.82) is 0 Å². The molecule has 19 heavy (non-hydrogen) atoms. The van der Waals surface area contributed by atoms with Crippen LogP contribution in [0.15, 0.2) is 40.0 Å². The SMILES string of the molecule is C[C@@H](N)c1ccc(-n2cc(S(C)(=O)=O)cn2)cc1Br. The topological polar surface area (TPSA) is 78.0 Å². The van der Waals surface area contributed by atoms with Crippen molar-refractivity contribution in [1.82, 2.24) is 9.78 Å². The third-order valence-corrected chi connectivity index (χ3v) is 4.48. The van der Waals surface area contributed by atoms with Crippen LogP contribution in [0, 0.1) is 0 Å². The van der Waals surface area contributed by atoms with Crippen LogP contribution in [0.5, 0.6) is 0 Å². The van der Waals surface area contributed by atoms with Gasteiger partial charge in [0.05, 0.1) is 11.9 Å². The Morgan fingerprint density at radius 1 is 1.42 bits per heavy atom. The van der Waals surface area contributed by atoms with E-state index in [2.05, 4.69) is 21.0 Å². The molecule has 2 rings (SSSR count). The normalized spacial score (nSPS) is 13.5. The van der Waals surface area contributed by atoms with E-state index in [1.54, 1.807) is 0 Å². The third kappa shape index (κ3) is 3.05. The van der Waals surface area contributed by atoms with Crippen molar-refractivity contribution in [3.63, 3.8) is 0 Å². The number of sulfone groups is 1. The molecule has 0 spiro atoms. The van der Waals surface area contributed by atoms with Gasteiger partial charge in [0.15, 0.2) is 9.84 Å². The Kier molecular flexibility index (Phi) is 3.80. The Balaban J connectivity index is 2.43. The summed E-state index contributed by atoms with van der Waals surface area (Å²) in [6.45, 7) is 1.90. The minimum atomic E-state index is -3.24. The number of nitrogens with zero attached hydrogens (tertiary/aromatic N) is 2. The van der Waals surface area contributed by atoms with E-state index in [0.717, 1.165) is 22.0 Å². The van der Waals surface area contributed by atoms with Gasteiger partial charge in [-0.1, -0.05) is 22.0 Å². The molecule has 7 heteroatoms. The largest absolute Gasteiger partial charge is 0.324 e. The highest BCUT2D eigenvalue weighted by molar-refractivity contribution is 9.10. The van der Waals surface area contributed by atoms with Crippen LogP contribution in [-0.2, 0) is 9.84 Å². The Hall–Kier alpha value is -1.18. The summed E-state index contributed by atoms with van der Waals surface area (Å²) in [6.07, 6.45) is 3.98. The van der Waals surface area contributed by atoms with Crippen molar-refractivity contribution in [2.45, 2.75) is 17.9 Å². The van der Waals surface area contributed by atoms with E-state index in [1.165, 1.54) is 17.1 Å². The van der Waals surface area contributed by atoms with Gasteiger partial charge in [0.25, 0.3) is 0 Å². The highest BCUT2D eigenvalue weighted by Gasteiger charge is 2.12. The lowest BCUT2D eigenvalue weighted by Gasteiger charge is -2.10. The van der Waals surface area contributed by atoms with E-state index in [9.17, 15) is 8.42 Å². The Morgan fingerprint density at radius 2 is 2.11 bits per heavy atom. The van der Waals surface area contributed by atoms with Crippen molar-refractivity contribution in [3.05, 3.63) is 40.6 Å². The molecular formula is C12H14BrN3O2S. The zero-order valence-electron chi connectivity index (χ0n) is 10.5. The van der Waals surface area contributed by atoms with Gasteiger partial charge in [0.1, 0.15) is 4.90 Å². The summed E-state index contributed by atoms with van der Waals surface area (Å²) >= 11 is 3.45. The number of hydrogen-bond donors (Lipinski definition) is 1. The highest BCUT2D eigenvalue weighted by Crippen LogP contribution is 2.25. The number of hydrogen-bond acceptors (Lipinski definition) is 4. The third-order valence-electron chi connectivity index (χ3n) is 2.73. The van der Waals surface area contributed by atoms with Crippen molar-refractivity contribution in [3.8, 4) is 5.69 Å². The quantitative estimate of drug-likeness (QED) is 0.925. The van der Waals surface area contributed by atoms with Gasteiger partial charge < -0.3 is 5.73 Å². The van der Waals surface area contributed by atoms with Crippen LogP contribution in [-0.4, -0.2) is 24.5 Å². The lowest BCUT2D eigenvalue weighted by molar-refractivity contribution is 0.602. The first-order valence-electron chi connectivity index (χ1n) is 5.59. The first kappa shape index (κ1) is 14.2. The van der Waals surface area contributed by atoms with E-state index in [1.807, 2.05) is 25.1 Å². The summed E-state index contributed by atoms with van der Waals surface area (Å²) in [6, 6.07) is 5.53. The predicted molar refractivity (Wildman–Crippen MR) is 77.0 cm³/mol. The van der Waals surface area contributed by atoms with E-state index < -0.39 is 9.84 Å². The van der Waals surface area contributed by atoms with Gasteiger partial charge in [-0.2, -0.15) is 5.10 Å². The molecule has 0 aliphatic rings. The number of rotatable bonds is 3. The minimum Gasteiger partial charge on any atom is -0.324 e. The molecule has 0 amide bonds. The van der Waals surface area contributed by atoms with Crippen LogP contribution in [0.1, 0.15) is 18.5 Å². The van der Waals surface area contributed by atoms with Crippen molar-refractivity contribution < 1.29 is 8.42 Å². The molecule has 0 aliphatic heterocycles. The molecule has 0 radical (unpaired) electrons. The average molecular weight is 344 g/mol. The number of benzene rings is 1. The monoisotopic (exact) mass is 343 g/mol. The fourth-order valence-corrected chi connectivity index (χ4v) is 2.92. The molecular weight excluding hydrogens is 330 g/mol. The van der Waals surface area contributed by atoms with Gasteiger partial charge >= 0.3 is 0 Å². The molecule has 0 aliphatic carbocycles. The fourth-order valence-electron chi connectivity index (χ4n) is 1.67. The van der Waals surface area contributed by atoms with Crippen molar-refractivity contribution in [2.24, 2.45) is 5.73 Å². The zero-order chi connectivity index (χ0) is 14.2. The molecule has 1 aromatic carbocycles. The molecule has 1 heterocycles. The second-order valence-corrected chi connectivity index (χ2v) is 7.26. The molecule has 2 N–H and O–H groups in total. The van der Waals surface area contributed by atoms with Gasteiger partial charge in [0.2, 0.25) is 0 Å². The Bertz CT molecular complexity index is 708. The molecule has 2 aromatic rings. The predicted octanol–water partition coefficient (Wildman–Crippen LogP) is 2.06. The van der Waals surface area contributed by atoms with Gasteiger partial charge in [-0.25, -0.2) is 13.1 Å². The molecule has 5 nitrogen and oxygen atoms in total. The van der Waals surface area contributed by atoms with Crippen LogP contribution in [0.3, 0.4) is 0 Å². The smallest absolute Gasteiger partial charge is 0.178 e. The Labute approximate surface area is 120 Å². The maximum atomic E-state index is 11.4. The van der Waals surface area contributed by atoms with E-state index >= 15 is 0 Å². The standard InChI is InChI=1S/C12H14BrN3O2S/c1-8(14)11-4-3-9(5-12(11)13)16-7-10(6-15-16)19(2,17)18/h3-8H,14H2,1-2H3/t8-/m1/s1. The summed E-state index contributed by atoms with van der Waals surface area (Å²) in [5.74, 6) is 0. The summed E-state index contributed by atoms with van der Waals surface area (Å²) < 4.78 is 25.2. The van der Waals surface area contributed by atoms with Crippen molar-refractivity contribution in [2.75, 3.05) is 6.26 Å². The molecule has 1 aromatic heterocycles. The summed E-state index contributed by atoms with van der Waals surface area (Å²) in [5.41, 5.74) is 7.59. The highest BCUT2D eigenvalue weighted by atomic mass is 79.9. The molecule has 0 unspecified atom stereocenters. The maximum absolute atomic E-state index is 11.4. The van der Waals surface area contributed by atoms with Crippen LogP contribution < -0.4 is 5.73 Å². The summed E-state index contributed by atoms with van der Waals surface area (Å²) in [5, 5.41) is 4.05. The van der Waals surface area contributed by atoms with E-state index in [0.29, 0.717) is 0 Å². The average Bonchev–Trinajstić information content (AvgIpc) is 2.76. The number of aromatic nitrogens is 2. The lowest BCUT2D eigenvalue weighted by atomic mass is 10.1. The molecule has 0 bridgehead atoms. The molecule has 0 saturated carbocycles. The van der Waals surface area contributed by atoms with Crippen LogP contribution in [0.2, 0.25) is 0 Å². The van der Waals surface area contributed by atoms with E-state index in [-0.39, 0.29) is 10.9 Å². The number of nitrogens with two attached hydrogens (primary N) is 1. The Morgan fingerprint density at radius 3 is 2.58 bits per heavy atom. The van der Waals surface area contributed by atoms with Gasteiger partial charge in [0, 0.05) is 23.0 Å². The lowest BCUT2D eigenvalue weighted by Crippen LogP contribution is -2.06. The first-order chi connectivity index (χ1) is 8.79.